The van der Waals surface area contributed by atoms with Gasteiger partial charge in [0.1, 0.15) is 5.82 Å². The van der Waals surface area contributed by atoms with Crippen LogP contribution in [-0.2, 0) is 0 Å². The van der Waals surface area contributed by atoms with Gasteiger partial charge in [-0.25, -0.2) is 0 Å². The van der Waals surface area contributed by atoms with Crippen molar-refractivity contribution in [2.75, 3.05) is 24.5 Å². The fourth-order valence-corrected chi connectivity index (χ4v) is 3.72. The molecule has 8 nitrogen and oxygen atoms in total. The van der Waals surface area contributed by atoms with E-state index in [1.54, 1.807) is 0 Å². The van der Waals surface area contributed by atoms with E-state index < -0.39 is 0 Å². The Morgan fingerprint density at radius 2 is 2.00 bits per heavy atom. The van der Waals surface area contributed by atoms with E-state index in [1.807, 2.05) is 41.8 Å². The molecule has 8 heteroatoms. The fraction of sp³-hybridized carbons (Fsp3) is 0.450. The van der Waals surface area contributed by atoms with Crippen LogP contribution in [0.5, 0.6) is 0 Å². The first-order valence-corrected chi connectivity index (χ1v) is 9.85. The second kappa shape index (κ2) is 6.85. The third-order valence-corrected chi connectivity index (χ3v) is 5.60. The quantitative estimate of drug-likeness (QED) is 0.731. The summed E-state index contributed by atoms with van der Waals surface area (Å²) in [7, 11) is 0. The molecule has 2 aliphatic rings. The van der Waals surface area contributed by atoms with E-state index in [4.69, 9.17) is 0 Å². The summed E-state index contributed by atoms with van der Waals surface area (Å²) in [6.45, 7) is 4.42. The minimum Gasteiger partial charge on any atom is -0.354 e. The van der Waals surface area contributed by atoms with E-state index in [0.717, 1.165) is 49.0 Å². The van der Waals surface area contributed by atoms with Crippen molar-refractivity contribution >= 4 is 17.4 Å². The zero-order valence-corrected chi connectivity index (χ0v) is 15.9. The van der Waals surface area contributed by atoms with Gasteiger partial charge in [-0.05, 0) is 56.4 Å². The van der Waals surface area contributed by atoms with Crippen molar-refractivity contribution in [3.8, 4) is 0 Å². The lowest BCUT2D eigenvalue weighted by Crippen LogP contribution is -2.25. The lowest BCUT2D eigenvalue weighted by Gasteiger charge is -2.16. The molecule has 1 aliphatic heterocycles. The molecule has 1 amide bonds. The Morgan fingerprint density at radius 1 is 1.11 bits per heavy atom. The van der Waals surface area contributed by atoms with Crippen LogP contribution in [0.2, 0.25) is 0 Å². The minimum atomic E-state index is -0.0311. The van der Waals surface area contributed by atoms with E-state index in [0.29, 0.717) is 11.5 Å². The first kappa shape index (κ1) is 17.1. The smallest absolute Gasteiger partial charge is 0.252 e. The summed E-state index contributed by atoms with van der Waals surface area (Å²) >= 11 is 0. The summed E-state index contributed by atoms with van der Waals surface area (Å²) < 4.78 is 1.96. The lowest BCUT2D eigenvalue weighted by molar-refractivity contribution is 0.0951. The summed E-state index contributed by atoms with van der Waals surface area (Å²) in [5.74, 6) is 2.66. The summed E-state index contributed by atoms with van der Waals surface area (Å²) in [5.41, 5.74) is 2.33. The maximum absolute atomic E-state index is 12.5. The number of carbonyl (C=O) groups excluding carboxylic acids is 1. The molecule has 1 unspecified atom stereocenters. The van der Waals surface area contributed by atoms with Gasteiger partial charge in [0.05, 0.1) is 11.3 Å². The number of hydrogen-bond donors (Lipinski definition) is 1. The monoisotopic (exact) mass is 377 g/mol. The highest BCUT2D eigenvalue weighted by molar-refractivity contribution is 5.94. The number of nitrogens with one attached hydrogen (secondary N) is 1. The molecule has 4 heterocycles. The van der Waals surface area contributed by atoms with Gasteiger partial charge in [-0.3, -0.25) is 9.20 Å². The Labute approximate surface area is 163 Å². The number of aryl methyl sites for hydroxylation is 1. The normalized spacial score (nSPS) is 19.3. The van der Waals surface area contributed by atoms with Gasteiger partial charge in [0.25, 0.3) is 5.91 Å². The van der Waals surface area contributed by atoms with E-state index in [9.17, 15) is 4.79 Å². The Bertz CT molecular complexity index is 1010. The van der Waals surface area contributed by atoms with Crippen molar-refractivity contribution in [3.63, 3.8) is 0 Å². The number of carbonyl (C=O) groups is 1. The molecule has 1 atom stereocenters. The molecule has 1 saturated heterocycles. The van der Waals surface area contributed by atoms with Crippen LogP contribution in [0.1, 0.15) is 47.1 Å². The molecule has 1 N–H and O–H groups in total. The van der Waals surface area contributed by atoms with Gasteiger partial charge in [0.15, 0.2) is 11.5 Å². The molecule has 1 saturated carbocycles. The van der Waals surface area contributed by atoms with Crippen molar-refractivity contribution in [2.45, 2.75) is 32.1 Å². The van der Waals surface area contributed by atoms with Crippen molar-refractivity contribution in [3.05, 3.63) is 47.5 Å². The Kier molecular flexibility index (Phi) is 4.18. The number of amides is 1. The van der Waals surface area contributed by atoms with Gasteiger partial charge >= 0.3 is 0 Å². The molecule has 144 valence electrons. The van der Waals surface area contributed by atoms with Crippen LogP contribution in [0, 0.1) is 12.8 Å². The van der Waals surface area contributed by atoms with E-state index in [2.05, 4.69) is 30.6 Å². The number of aromatic nitrogens is 5. The van der Waals surface area contributed by atoms with Gasteiger partial charge in [-0.15, -0.1) is 15.3 Å². The second-order valence-corrected chi connectivity index (χ2v) is 7.82. The highest BCUT2D eigenvalue weighted by atomic mass is 16.1. The average Bonchev–Trinajstić information content (AvgIpc) is 3.25. The summed E-state index contributed by atoms with van der Waals surface area (Å²) in [5, 5.41) is 20.2. The SMILES string of the molecule is Cc1ccc(N2CCC(c3nnc4ccc(C(=O)NCC5CC5)cn34)C2)nn1. The van der Waals surface area contributed by atoms with Gasteiger partial charge in [-0.2, -0.15) is 5.10 Å². The number of fused-ring (bicyclic) bond motifs is 1. The third kappa shape index (κ3) is 3.30. The van der Waals surface area contributed by atoms with Gasteiger partial charge < -0.3 is 10.2 Å². The second-order valence-electron chi connectivity index (χ2n) is 7.82. The molecular weight excluding hydrogens is 354 g/mol. The number of pyridine rings is 1. The summed E-state index contributed by atoms with van der Waals surface area (Å²) in [6.07, 6.45) is 5.27. The number of hydrogen-bond acceptors (Lipinski definition) is 6. The predicted molar refractivity (Wildman–Crippen MR) is 104 cm³/mol. The van der Waals surface area contributed by atoms with Crippen LogP contribution in [0.15, 0.2) is 30.5 Å². The average molecular weight is 377 g/mol. The first-order valence-electron chi connectivity index (χ1n) is 9.85. The number of rotatable bonds is 5. The molecule has 28 heavy (non-hydrogen) atoms. The predicted octanol–water partition coefficient (Wildman–Crippen LogP) is 1.96. The molecule has 0 radical (unpaired) electrons. The summed E-state index contributed by atoms with van der Waals surface area (Å²) in [6, 6.07) is 7.67. The molecule has 5 rings (SSSR count). The maximum Gasteiger partial charge on any atom is 0.252 e. The van der Waals surface area contributed by atoms with E-state index in [1.165, 1.54) is 12.8 Å². The molecule has 0 spiro atoms. The highest BCUT2D eigenvalue weighted by Crippen LogP contribution is 2.29. The van der Waals surface area contributed by atoms with E-state index in [-0.39, 0.29) is 11.8 Å². The summed E-state index contributed by atoms with van der Waals surface area (Å²) in [4.78, 5) is 14.7. The molecule has 0 aromatic carbocycles. The van der Waals surface area contributed by atoms with Gasteiger partial charge in [0.2, 0.25) is 0 Å². The van der Waals surface area contributed by atoms with Crippen molar-refractivity contribution in [1.82, 2.24) is 30.1 Å². The maximum atomic E-state index is 12.5. The highest BCUT2D eigenvalue weighted by Gasteiger charge is 2.29. The molecule has 3 aromatic rings. The van der Waals surface area contributed by atoms with Crippen LogP contribution in [0.25, 0.3) is 5.65 Å². The molecule has 0 bridgehead atoms. The molecule has 2 fully saturated rings. The zero-order valence-electron chi connectivity index (χ0n) is 15.9. The first-order chi connectivity index (χ1) is 13.7. The number of nitrogens with zero attached hydrogens (tertiary/aromatic N) is 6. The standard InChI is InChI=1S/C20H23N7O/c1-13-2-6-17(23-22-13)26-9-8-15(11-26)19-25-24-18-7-5-16(12-27(18)19)20(28)21-10-14-3-4-14/h2,5-7,12,14-15H,3-4,8-11H2,1H3,(H,21,28). The largest absolute Gasteiger partial charge is 0.354 e. The lowest BCUT2D eigenvalue weighted by atomic mass is 10.1. The van der Waals surface area contributed by atoms with Crippen LogP contribution in [-0.4, -0.2) is 50.3 Å². The Morgan fingerprint density at radius 3 is 2.79 bits per heavy atom. The van der Waals surface area contributed by atoms with Crippen LogP contribution in [0.3, 0.4) is 0 Å². The van der Waals surface area contributed by atoms with E-state index >= 15 is 0 Å². The Balaban J connectivity index is 1.36. The molecule has 3 aromatic heterocycles. The van der Waals surface area contributed by atoms with Gasteiger partial charge in [0, 0.05) is 31.7 Å². The molecule has 1 aliphatic carbocycles. The van der Waals surface area contributed by atoms with Crippen LogP contribution < -0.4 is 10.2 Å². The zero-order chi connectivity index (χ0) is 19.1. The van der Waals surface area contributed by atoms with Crippen molar-refractivity contribution in [2.24, 2.45) is 5.92 Å². The van der Waals surface area contributed by atoms with Crippen molar-refractivity contribution < 1.29 is 4.79 Å². The van der Waals surface area contributed by atoms with Crippen LogP contribution >= 0.6 is 0 Å². The topological polar surface area (TPSA) is 88.3 Å². The van der Waals surface area contributed by atoms with Crippen molar-refractivity contribution in [1.29, 1.82) is 0 Å². The molecular formula is C20H23N7O. The minimum absolute atomic E-state index is 0.0311. The Hall–Kier alpha value is -3.03. The third-order valence-electron chi connectivity index (χ3n) is 5.60. The van der Waals surface area contributed by atoms with Crippen LogP contribution in [0.4, 0.5) is 5.82 Å². The van der Waals surface area contributed by atoms with Gasteiger partial charge in [-0.1, -0.05) is 0 Å². The number of anilines is 1. The fourth-order valence-electron chi connectivity index (χ4n) is 3.72.